The lowest BCUT2D eigenvalue weighted by Crippen LogP contribution is -2.45. The van der Waals surface area contributed by atoms with Gasteiger partial charge in [0.2, 0.25) is 5.91 Å². The highest BCUT2D eigenvalue weighted by molar-refractivity contribution is 5.76. The molecule has 0 aromatic rings. The first-order valence-electron chi connectivity index (χ1n) is 31.1. The van der Waals surface area contributed by atoms with Crippen molar-refractivity contribution in [1.82, 2.24) is 5.32 Å². The predicted molar refractivity (Wildman–Crippen MR) is 301 cm³/mol. The molecule has 408 valence electrons. The molecule has 0 aliphatic rings. The van der Waals surface area contributed by atoms with Gasteiger partial charge in [-0.1, -0.05) is 301 Å². The Labute approximate surface area is 431 Å². The molecule has 0 spiro atoms. The first kappa shape index (κ1) is 67.3. The van der Waals surface area contributed by atoms with Crippen molar-refractivity contribution in [1.29, 1.82) is 0 Å². The molecule has 0 saturated heterocycles. The van der Waals surface area contributed by atoms with Crippen molar-refractivity contribution in [2.24, 2.45) is 0 Å². The third-order valence-corrected chi connectivity index (χ3v) is 14.5. The molecule has 0 bridgehead atoms. The first-order chi connectivity index (χ1) is 34.0. The van der Waals surface area contributed by atoms with E-state index in [1.807, 2.05) is 0 Å². The molecule has 0 heterocycles. The summed E-state index contributed by atoms with van der Waals surface area (Å²) in [5, 5.41) is 23.4. The molecule has 2 atom stereocenters. The predicted octanol–water partition coefficient (Wildman–Crippen LogP) is 19.4. The molecule has 6 heteroatoms. The Hall–Kier alpha value is -1.66. The molecule has 0 radical (unpaired) electrons. The van der Waals surface area contributed by atoms with E-state index in [0.717, 1.165) is 51.4 Å². The largest absolute Gasteiger partial charge is 0.466 e. The quantitative estimate of drug-likeness (QED) is 0.0321. The number of ether oxygens (including phenoxy) is 1. The van der Waals surface area contributed by atoms with Crippen LogP contribution in [0.25, 0.3) is 0 Å². The lowest BCUT2D eigenvalue weighted by Gasteiger charge is -2.22. The van der Waals surface area contributed by atoms with Crippen molar-refractivity contribution < 1.29 is 24.5 Å². The van der Waals surface area contributed by atoms with Crippen LogP contribution in [-0.4, -0.2) is 47.4 Å². The van der Waals surface area contributed by atoms with Crippen LogP contribution < -0.4 is 5.32 Å². The summed E-state index contributed by atoms with van der Waals surface area (Å²) in [4.78, 5) is 24.6. The molecule has 3 N–H and O–H groups in total. The Morgan fingerprint density at radius 1 is 0.406 bits per heavy atom. The molecule has 1 amide bonds. The molecule has 0 saturated carbocycles. The van der Waals surface area contributed by atoms with Crippen LogP contribution in [0.1, 0.15) is 341 Å². The molecule has 0 aromatic heterocycles. The van der Waals surface area contributed by atoms with Gasteiger partial charge >= 0.3 is 5.97 Å². The van der Waals surface area contributed by atoms with Gasteiger partial charge in [0.05, 0.1) is 25.4 Å². The Kier molecular flexibility index (Phi) is 57.5. The smallest absolute Gasteiger partial charge is 0.305 e. The molecule has 2 unspecified atom stereocenters. The van der Waals surface area contributed by atoms with Crippen molar-refractivity contribution in [2.75, 3.05) is 13.2 Å². The second-order valence-electron chi connectivity index (χ2n) is 21.4. The minimum Gasteiger partial charge on any atom is -0.466 e. The zero-order valence-corrected chi connectivity index (χ0v) is 46.6. The lowest BCUT2D eigenvalue weighted by molar-refractivity contribution is -0.143. The number of aliphatic hydroxyl groups is 2. The summed E-state index contributed by atoms with van der Waals surface area (Å²) in [6.07, 6.45) is 71.8. The van der Waals surface area contributed by atoms with E-state index in [4.69, 9.17) is 4.74 Å². The van der Waals surface area contributed by atoms with Crippen LogP contribution in [-0.2, 0) is 14.3 Å². The third-order valence-electron chi connectivity index (χ3n) is 14.5. The maximum absolute atomic E-state index is 12.5. The van der Waals surface area contributed by atoms with Gasteiger partial charge in [-0.25, -0.2) is 0 Å². The number of nitrogens with one attached hydrogen (secondary N) is 1. The topological polar surface area (TPSA) is 95.9 Å². The van der Waals surface area contributed by atoms with Crippen molar-refractivity contribution in [3.8, 4) is 0 Å². The van der Waals surface area contributed by atoms with Gasteiger partial charge in [0.15, 0.2) is 0 Å². The number of unbranched alkanes of at least 4 members (excludes halogenated alkanes) is 43. The summed E-state index contributed by atoms with van der Waals surface area (Å²) < 4.78 is 5.47. The minimum absolute atomic E-state index is 0.00851. The molecule has 6 nitrogen and oxygen atoms in total. The molecular weight excluding hydrogens is 851 g/mol. The summed E-state index contributed by atoms with van der Waals surface area (Å²) in [5.74, 6) is -0.0459. The molecule has 0 fully saturated rings. The SMILES string of the molecule is CCCC/C=C\C/C=C\CCCCCCCC(=O)OCCCCCCCCCCCCCCCCCCCC(=O)NC(CO)C(O)CCCCCCCCCCCCCCCCCCCCCCC. The van der Waals surface area contributed by atoms with E-state index in [1.54, 1.807) is 0 Å². The average Bonchev–Trinajstić information content (AvgIpc) is 3.35. The number of aliphatic hydroxyl groups excluding tert-OH is 2. The van der Waals surface area contributed by atoms with Gasteiger partial charge in [0.1, 0.15) is 0 Å². The van der Waals surface area contributed by atoms with Crippen LogP contribution >= 0.6 is 0 Å². The molecule has 0 rings (SSSR count). The normalized spacial score (nSPS) is 12.7. The zero-order chi connectivity index (χ0) is 50.0. The summed E-state index contributed by atoms with van der Waals surface area (Å²) in [6.45, 7) is 4.92. The minimum atomic E-state index is -0.669. The van der Waals surface area contributed by atoms with E-state index in [2.05, 4.69) is 43.5 Å². The average molecular weight is 973 g/mol. The summed E-state index contributed by atoms with van der Waals surface area (Å²) in [7, 11) is 0. The highest BCUT2D eigenvalue weighted by Gasteiger charge is 2.20. The van der Waals surface area contributed by atoms with Gasteiger partial charge in [0, 0.05) is 12.8 Å². The van der Waals surface area contributed by atoms with Gasteiger partial charge in [-0.15, -0.1) is 0 Å². The molecule has 69 heavy (non-hydrogen) atoms. The van der Waals surface area contributed by atoms with Crippen LogP contribution in [0.4, 0.5) is 0 Å². The number of hydrogen-bond acceptors (Lipinski definition) is 5. The van der Waals surface area contributed by atoms with E-state index in [0.29, 0.717) is 25.9 Å². The van der Waals surface area contributed by atoms with Gasteiger partial charge in [-0.05, 0) is 51.4 Å². The highest BCUT2D eigenvalue weighted by Crippen LogP contribution is 2.18. The van der Waals surface area contributed by atoms with E-state index >= 15 is 0 Å². The van der Waals surface area contributed by atoms with Crippen LogP contribution in [0.15, 0.2) is 24.3 Å². The fourth-order valence-electron chi connectivity index (χ4n) is 9.72. The number of amides is 1. The van der Waals surface area contributed by atoms with Crippen molar-refractivity contribution in [2.45, 2.75) is 353 Å². The van der Waals surface area contributed by atoms with Crippen LogP contribution in [0.3, 0.4) is 0 Å². The van der Waals surface area contributed by atoms with Crippen LogP contribution in [0, 0.1) is 0 Å². The first-order valence-corrected chi connectivity index (χ1v) is 31.1. The summed E-state index contributed by atoms with van der Waals surface area (Å²) in [6, 6.07) is -0.547. The fraction of sp³-hybridized carbons (Fsp3) is 0.905. The standard InChI is InChI=1S/C63H121NO5/c1-3-5-7-9-11-13-15-17-19-20-21-22-23-25-28-31-35-39-43-47-51-55-61(66)60(59-65)64-62(67)56-52-48-44-40-36-32-29-26-24-27-30-34-38-42-46-50-54-58-69-63(68)57-53-49-45-41-37-33-18-16-14-12-10-8-6-4-2/h10,12,16,18,60-61,65-66H,3-9,11,13-15,17,19-59H2,1-2H3,(H,64,67)/b12-10-,18-16-. The van der Waals surface area contributed by atoms with Crippen molar-refractivity contribution in [3.63, 3.8) is 0 Å². The van der Waals surface area contributed by atoms with Gasteiger partial charge in [-0.2, -0.15) is 0 Å². The Balaban J connectivity index is 3.42. The van der Waals surface area contributed by atoms with Gasteiger partial charge in [-0.3, -0.25) is 9.59 Å². The Bertz CT molecular complexity index is 1080. The van der Waals surface area contributed by atoms with E-state index < -0.39 is 12.1 Å². The van der Waals surface area contributed by atoms with Crippen LogP contribution in [0.2, 0.25) is 0 Å². The van der Waals surface area contributed by atoms with Crippen molar-refractivity contribution in [3.05, 3.63) is 24.3 Å². The number of esters is 1. The maximum Gasteiger partial charge on any atom is 0.305 e. The number of allylic oxidation sites excluding steroid dienone is 4. The van der Waals surface area contributed by atoms with E-state index in [9.17, 15) is 19.8 Å². The Morgan fingerprint density at radius 3 is 1.14 bits per heavy atom. The third kappa shape index (κ3) is 55.5. The number of carbonyl (C=O) groups excluding carboxylic acids is 2. The molecular formula is C63H121NO5. The second kappa shape index (κ2) is 58.9. The number of hydrogen-bond donors (Lipinski definition) is 3. The zero-order valence-electron chi connectivity index (χ0n) is 46.6. The Morgan fingerprint density at radius 2 is 0.739 bits per heavy atom. The van der Waals surface area contributed by atoms with Crippen molar-refractivity contribution >= 4 is 11.9 Å². The van der Waals surface area contributed by atoms with Gasteiger partial charge in [0.25, 0.3) is 0 Å². The fourth-order valence-corrected chi connectivity index (χ4v) is 9.72. The highest BCUT2D eigenvalue weighted by atomic mass is 16.5. The second-order valence-corrected chi connectivity index (χ2v) is 21.4. The number of rotatable bonds is 58. The molecule has 0 aliphatic carbocycles. The van der Waals surface area contributed by atoms with E-state index in [-0.39, 0.29) is 18.5 Å². The van der Waals surface area contributed by atoms with Gasteiger partial charge < -0.3 is 20.3 Å². The lowest BCUT2D eigenvalue weighted by atomic mass is 10.0. The van der Waals surface area contributed by atoms with Crippen LogP contribution in [0.5, 0.6) is 0 Å². The van der Waals surface area contributed by atoms with E-state index in [1.165, 1.54) is 257 Å². The molecule has 0 aromatic carbocycles. The summed E-state index contributed by atoms with van der Waals surface area (Å²) in [5.41, 5.74) is 0. The maximum atomic E-state index is 12.5. The monoisotopic (exact) mass is 972 g/mol. The molecule has 0 aliphatic heterocycles. The number of carbonyl (C=O) groups is 2. The summed E-state index contributed by atoms with van der Waals surface area (Å²) >= 11 is 0.